The Morgan fingerprint density at radius 1 is 1.28 bits per heavy atom. The van der Waals surface area contributed by atoms with E-state index in [2.05, 4.69) is 30.9 Å². The van der Waals surface area contributed by atoms with Gasteiger partial charge >= 0.3 is 5.69 Å². The Kier molecular flexibility index (Phi) is 2.71. The van der Waals surface area contributed by atoms with Crippen LogP contribution in [0, 0.1) is 0 Å². The van der Waals surface area contributed by atoms with Crippen LogP contribution in [0.2, 0.25) is 0 Å². The molecule has 0 fully saturated rings. The van der Waals surface area contributed by atoms with Crippen molar-refractivity contribution in [2.45, 2.75) is 6.54 Å². The summed E-state index contributed by atoms with van der Waals surface area (Å²) in [6.07, 6.45) is 1.56. The molecule has 0 aliphatic heterocycles. The SMILES string of the molecule is O=c1[nH]c2ncc(Br)nc2n1Cc1ccccc1. The van der Waals surface area contributed by atoms with Crippen molar-refractivity contribution >= 4 is 27.2 Å². The standard InChI is InChI=1S/C12H9BrN4O/c13-9-6-14-10-11(15-9)17(12(18)16-10)7-8-4-2-1-3-5-8/h1-6H,7H2,(H,14,16,18). The molecular weight excluding hydrogens is 296 g/mol. The number of fused-ring (bicyclic) bond motifs is 1. The minimum absolute atomic E-state index is 0.202. The van der Waals surface area contributed by atoms with Gasteiger partial charge in [-0.3, -0.25) is 9.55 Å². The molecule has 0 bridgehead atoms. The number of aromatic nitrogens is 4. The monoisotopic (exact) mass is 304 g/mol. The molecule has 1 aromatic carbocycles. The minimum Gasteiger partial charge on any atom is -0.289 e. The summed E-state index contributed by atoms with van der Waals surface area (Å²) in [5.41, 5.74) is 1.89. The van der Waals surface area contributed by atoms with Gasteiger partial charge < -0.3 is 0 Å². The highest BCUT2D eigenvalue weighted by Gasteiger charge is 2.09. The lowest BCUT2D eigenvalue weighted by atomic mass is 10.2. The van der Waals surface area contributed by atoms with Crippen LogP contribution in [0.5, 0.6) is 0 Å². The van der Waals surface area contributed by atoms with E-state index in [0.717, 1.165) is 5.56 Å². The van der Waals surface area contributed by atoms with Gasteiger partial charge in [0.15, 0.2) is 11.3 Å². The summed E-state index contributed by atoms with van der Waals surface area (Å²) in [5, 5.41) is 0. The van der Waals surface area contributed by atoms with Gasteiger partial charge in [0.2, 0.25) is 0 Å². The molecule has 6 heteroatoms. The first kappa shape index (κ1) is 11.2. The molecule has 0 radical (unpaired) electrons. The summed E-state index contributed by atoms with van der Waals surface area (Å²) in [6.45, 7) is 0.477. The van der Waals surface area contributed by atoms with E-state index in [-0.39, 0.29) is 5.69 Å². The van der Waals surface area contributed by atoms with Crippen LogP contribution in [0.25, 0.3) is 11.3 Å². The number of nitrogens with zero attached hydrogens (tertiary/aromatic N) is 3. The molecule has 2 aromatic heterocycles. The normalized spacial score (nSPS) is 10.9. The van der Waals surface area contributed by atoms with Gasteiger partial charge in [-0.2, -0.15) is 0 Å². The maximum atomic E-state index is 11.9. The van der Waals surface area contributed by atoms with Gasteiger partial charge in [-0.1, -0.05) is 30.3 Å². The Morgan fingerprint density at radius 3 is 2.83 bits per heavy atom. The van der Waals surface area contributed by atoms with Crippen LogP contribution in [0.15, 0.2) is 45.9 Å². The summed E-state index contributed by atoms with van der Waals surface area (Å²) in [5.74, 6) is 0. The zero-order valence-electron chi connectivity index (χ0n) is 9.30. The topological polar surface area (TPSA) is 63.6 Å². The van der Waals surface area contributed by atoms with E-state index in [4.69, 9.17) is 0 Å². The fourth-order valence-corrected chi connectivity index (χ4v) is 2.08. The Bertz CT molecular complexity index is 748. The highest BCUT2D eigenvalue weighted by molar-refractivity contribution is 9.10. The molecule has 90 valence electrons. The number of hydrogen-bond donors (Lipinski definition) is 1. The van der Waals surface area contributed by atoms with Gasteiger partial charge in [-0.05, 0) is 21.5 Å². The fraction of sp³-hybridized carbons (Fsp3) is 0.0833. The molecule has 0 aliphatic carbocycles. The second-order valence-corrected chi connectivity index (χ2v) is 4.68. The summed E-state index contributed by atoms with van der Waals surface area (Å²) >= 11 is 3.26. The largest absolute Gasteiger partial charge is 0.329 e. The maximum Gasteiger partial charge on any atom is 0.329 e. The lowest BCUT2D eigenvalue weighted by Crippen LogP contribution is -2.17. The zero-order chi connectivity index (χ0) is 12.5. The molecular formula is C12H9BrN4O. The predicted octanol–water partition coefficient (Wildman–Crippen LogP) is 1.93. The number of benzene rings is 1. The van der Waals surface area contributed by atoms with Crippen molar-refractivity contribution < 1.29 is 0 Å². The third kappa shape index (κ3) is 1.95. The van der Waals surface area contributed by atoms with Crippen molar-refractivity contribution in [1.82, 2.24) is 19.5 Å². The number of H-pyrrole nitrogens is 1. The van der Waals surface area contributed by atoms with Crippen LogP contribution in [-0.2, 0) is 6.54 Å². The van der Waals surface area contributed by atoms with Crippen LogP contribution < -0.4 is 5.69 Å². The Balaban J connectivity index is 2.14. The third-order valence-electron chi connectivity index (χ3n) is 2.63. The maximum absolute atomic E-state index is 11.9. The van der Waals surface area contributed by atoms with Gasteiger partial charge in [-0.25, -0.2) is 14.8 Å². The molecule has 0 unspecified atom stereocenters. The van der Waals surface area contributed by atoms with E-state index in [0.29, 0.717) is 22.4 Å². The van der Waals surface area contributed by atoms with Crippen molar-refractivity contribution in [2.75, 3.05) is 0 Å². The highest BCUT2D eigenvalue weighted by atomic mass is 79.9. The molecule has 18 heavy (non-hydrogen) atoms. The Labute approximate surface area is 111 Å². The van der Waals surface area contributed by atoms with Crippen LogP contribution in [0.3, 0.4) is 0 Å². The second-order valence-electron chi connectivity index (χ2n) is 3.87. The molecule has 3 aromatic rings. The van der Waals surface area contributed by atoms with E-state index >= 15 is 0 Å². The second kappa shape index (κ2) is 4.38. The van der Waals surface area contributed by atoms with E-state index in [1.807, 2.05) is 30.3 Å². The number of halogens is 1. The van der Waals surface area contributed by atoms with Gasteiger partial charge in [-0.15, -0.1) is 0 Å². The lowest BCUT2D eigenvalue weighted by Gasteiger charge is -2.02. The summed E-state index contributed by atoms with van der Waals surface area (Å²) in [4.78, 5) is 23.0. The quantitative estimate of drug-likeness (QED) is 0.787. The lowest BCUT2D eigenvalue weighted by molar-refractivity contribution is 0.777. The molecule has 2 heterocycles. The van der Waals surface area contributed by atoms with Gasteiger partial charge in [0.05, 0.1) is 12.7 Å². The van der Waals surface area contributed by atoms with Crippen molar-refractivity contribution in [2.24, 2.45) is 0 Å². The summed E-state index contributed by atoms with van der Waals surface area (Å²) in [7, 11) is 0. The molecule has 5 nitrogen and oxygen atoms in total. The molecule has 3 rings (SSSR count). The van der Waals surface area contributed by atoms with Gasteiger partial charge in [0.25, 0.3) is 0 Å². The average Bonchev–Trinajstić information content (AvgIpc) is 2.67. The van der Waals surface area contributed by atoms with Crippen LogP contribution in [0.4, 0.5) is 0 Å². The number of imidazole rings is 1. The van der Waals surface area contributed by atoms with Crippen LogP contribution in [0.1, 0.15) is 5.56 Å². The van der Waals surface area contributed by atoms with Crippen molar-refractivity contribution in [3.05, 3.63) is 57.2 Å². The van der Waals surface area contributed by atoms with Crippen molar-refractivity contribution in [3.63, 3.8) is 0 Å². The first-order chi connectivity index (χ1) is 8.74. The molecule has 1 N–H and O–H groups in total. The number of rotatable bonds is 2. The van der Waals surface area contributed by atoms with Gasteiger partial charge in [0.1, 0.15) is 4.60 Å². The molecule has 0 aliphatic rings. The van der Waals surface area contributed by atoms with Gasteiger partial charge in [0, 0.05) is 0 Å². The van der Waals surface area contributed by atoms with Crippen LogP contribution in [-0.4, -0.2) is 19.5 Å². The third-order valence-corrected chi connectivity index (χ3v) is 3.02. The van der Waals surface area contributed by atoms with Crippen molar-refractivity contribution in [3.8, 4) is 0 Å². The van der Waals surface area contributed by atoms with E-state index < -0.39 is 0 Å². The zero-order valence-corrected chi connectivity index (χ0v) is 10.9. The number of nitrogens with one attached hydrogen (secondary N) is 1. The molecule has 0 saturated heterocycles. The number of hydrogen-bond acceptors (Lipinski definition) is 3. The molecule has 0 atom stereocenters. The molecule has 0 saturated carbocycles. The summed E-state index contributed by atoms with van der Waals surface area (Å²) in [6, 6.07) is 9.76. The van der Waals surface area contributed by atoms with E-state index in [1.54, 1.807) is 10.8 Å². The minimum atomic E-state index is -0.202. The smallest absolute Gasteiger partial charge is 0.289 e. The van der Waals surface area contributed by atoms with E-state index in [1.165, 1.54) is 0 Å². The first-order valence-corrected chi connectivity index (χ1v) is 6.18. The fourth-order valence-electron chi connectivity index (χ4n) is 1.81. The molecule has 0 amide bonds. The van der Waals surface area contributed by atoms with Crippen LogP contribution >= 0.6 is 15.9 Å². The first-order valence-electron chi connectivity index (χ1n) is 5.39. The Morgan fingerprint density at radius 2 is 2.06 bits per heavy atom. The highest BCUT2D eigenvalue weighted by Crippen LogP contribution is 2.11. The predicted molar refractivity (Wildman–Crippen MR) is 71.4 cm³/mol. The van der Waals surface area contributed by atoms with E-state index in [9.17, 15) is 4.79 Å². The molecule has 0 spiro atoms. The number of aromatic amines is 1. The van der Waals surface area contributed by atoms with Crippen molar-refractivity contribution in [1.29, 1.82) is 0 Å². The average molecular weight is 305 g/mol. The summed E-state index contributed by atoms with van der Waals surface area (Å²) < 4.78 is 2.18. The Hall–Kier alpha value is -1.95.